The summed E-state index contributed by atoms with van der Waals surface area (Å²) in [5, 5.41) is 0. The number of unbranched alkanes of at least 4 members (excludes halogenated alkanes) is 1. The van der Waals surface area contributed by atoms with Crippen LogP contribution in [0.5, 0.6) is 17.2 Å². The molecule has 1 aliphatic rings. The normalized spacial score (nSPS) is 14.5. The predicted molar refractivity (Wildman–Crippen MR) is 103 cm³/mol. The van der Waals surface area contributed by atoms with Gasteiger partial charge in [-0.2, -0.15) is 0 Å². The molecule has 0 aromatic heterocycles. The third kappa shape index (κ3) is 5.05. The van der Waals surface area contributed by atoms with E-state index >= 15 is 0 Å². The van der Waals surface area contributed by atoms with Crippen molar-refractivity contribution in [1.29, 1.82) is 0 Å². The van der Waals surface area contributed by atoms with Crippen LogP contribution in [0.4, 0.5) is 0 Å². The largest absolute Gasteiger partial charge is 0.493 e. The fourth-order valence-corrected chi connectivity index (χ4v) is 3.24. The predicted octanol–water partition coefficient (Wildman–Crippen LogP) is 2.58. The number of rotatable bonds is 7. The average molecular weight is 378 g/mol. The van der Waals surface area contributed by atoms with Gasteiger partial charge in [0.05, 0.1) is 21.3 Å². The van der Waals surface area contributed by atoms with E-state index in [9.17, 15) is 9.59 Å². The summed E-state index contributed by atoms with van der Waals surface area (Å²) in [4.78, 5) is 28.9. The summed E-state index contributed by atoms with van der Waals surface area (Å²) >= 11 is 0. The van der Waals surface area contributed by atoms with Crippen LogP contribution in [0.15, 0.2) is 12.1 Å². The first kappa shape index (κ1) is 20.9. The van der Waals surface area contributed by atoms with Gasteiger partial charge in [-0.15, -0.1) is 0 Å². The number of nitrogens with zero attached hydrogens (tertiary/aromatic N) is 2. The Kier molecular flexibility index (Phi) is 7.76. The van der Waals surface area contributed by atoms with E-state index in [-0.39, 0.29) is 11.8 Å². The highest BCUT2D eigenvalue weighted by atomic mass is 16.5. The van der Waals surface area contributed by atoms with Crippen LogP contribution >= 0.6 is 0 Å². The first-order chi connectivity index (χ1) is 13.0. The van der Waals surface area contributed by atoms with Gasteiger partial charge < -0.3 is 24.0 Å². The SMILES string of the molecule is CCCCC(=O)N1CCCN(C(=O)c2cc(OC)c(OC)c(OC)c2)CC1. The maximum Gasteiger partial charge on any atom is 0.254 e. The van der Waals surface area contributed by atoms with E-state index in [4.69, 9.17) is 14.2 Å². The zero-order chi connectivity index (χ0) is 19.8. The molecule has 0 N–H and O–H groups in total. The highest BCUT2D eigenvalue weighted by molar-refractivity contribution is 5.95. The second-order valence-electron chi connectivity index (χ2n) is 6.54. The summed E-state index contributed by atoms with van der Waals surface area (Å²) in [7, 11) is 4.58. The van der Waals surface area contributed by atoms with Gasteiger partial charge in [-0.05, 0) is 25.0 Å². The molecule has 0 radical (unpaired) electrons. The first-order valence-electron chi connectivity index (χ1n) is 9.42. The molecule has 1 aromatic carbocycles. The maximum absolute atomic E-state index is 13.0. The second kappa shape index (κ2) is 10.0. The second-order valence-corrected chi connectivity index (χ2v) is 6.54. The molecule has 0 aliphatic carbocycles. The van der Waals surface area contributed by atoms with E-state index < -0.39 is 0 Å². The minimum atomic E-state index is -0.0999. The van der Waals surface area contributed by atoms with Crippen molar-refractivity contribution in [2.75, 3.05) is 47.5 Å². The number of amides is 2. The van der Waals surface area contributed by atoms with Crippen molar-refractivity contribution in [1.82, 2.24) is 9.80 Å². The molecule has 1 aromatic rings. The molecule has 0 atom stereocenters. The van der Waals surface area contributed by atoms with Crippen LogP contribution in [0.2, 0.25) is 0 Å². The molecule has 0 saturated carbocycles. The Morgan fingerprint density at radius 2 is 1.52 bits per heavy atom. The monoisotopic (exact) mass is 378 g/mol. The van der Waals surface area contributed by atoms with Crippen molar-refractivity contribution in [2.45, 2.75) is 32.6 Å². The Morgan fingerprint density at radius 1 is 0.926 bits per heavy atom. The lowest BCUT2D eigenvalue weighted by Crippen LogP contribution is -2.37. The molecular formula is C20H30N2O5. The fourth-order valence-electron chi connectivity index (χ4n) is 3.24. The standard InChI is InChI=1S/C20H30N2O5/c1-5-6-8-18(23)21-9-7-10-22(12-11-21)20(24)15-13-16(25-2)19(27-4)17(14-15)26-3/h13-14H,5-12H2,1-4H3. The molecule has 1 heterocycles. The van der Waals surface area contributed by atoms with Gasteiger partial charge in [0.1, 0.15) is 0 Å². The summed E-state index contributed by atoms with van der Waals surface area (Å²) in [6.45, 7) is 4.48. The van der Waals surface area contributed by atoms with E-state index in [2.05, 4.69) is 6.92 Å². The van der Waals surface area contributed by atoms with Crippen molar-refractivity contribution in [3.63, 3.8) is 0 Å². The average Bonchev–Trinajstić information content (AvgIpc) is 2.96. The molecule has 27 heavy (non-hydrogen) atoms. The Bertz CT molecular complexity index is 637. The van der Waals surface area contributed by atoms with Gasteiger partial charge in [-0.3, -0.25) is 9.59 Å². The molecule has 150 valence electrons. The van der Waals surface area contributed by atoms with E-state index in [0.29, 0.717) is 55.4 Å². The first-order valence-corrected chi connectivity index (χ1v) is 9.42. The van der Waals surface area contributed by atoms with Crippen molar-refractivity contribution in [3.8, 4) is 17.2 Å². The smallest absolute Gasteiger partial charge is 0.254 e. The van der Waals surface area contributed by atoms with Crippen LogP contribution < -0.4 is 14.2 Å². The van der Waals surface area contributed by atoms with E-state index in [1.807, 2.05) is 4.90 Å². The van der Waals surface area contributed by atoms with Crippen LogP contribution in [0.1, 0.15) is 43.0 Å². The van der Waals surface area contributed by atoms with Crippen LogP contribution in [0.25, 0.3) is 0 Å². The lowest BCUT2D eigenvalue weighted by atomic mass is 10.1. The minimum absolute atomic E-state index is 0.0999. The van der Waals surface area contributed by atoms with E-state index in [1.165, 1.54) is 21.3 Å². The lowest BCUT2D eigenvalue weighted by Gasteiger charge is -2.23. The molecule has 0 unspecified atom stereocenters. The highest BCUT2D eigenvalue weighted by Gasteiger charge is 2.24. The van der Waals surface area contributed by atoms with Gasteiger partial charge >= 0.3 is 0 Å². The number of carbonyl (C=O) groups is 2. The summed E-state index contributed by atoms with van der Waals surface area (Å²) in [6.07, 6.45) is 3.26. The van der Waals surface area contributed by atoms with Crippen LogP contribution in [-0.4, -0.2) is 69.1 Å². The van der Waals surface area contributed by atoms with Gasteiger partial charge in [-0.1, -0.05) is 13.3 Å². The molecule has 1 fully saturated rings. The Morgan fingerprint density at radius 3 is 2.07 bits per heavy atom. The molecule has 7 heteroatoms. The summed E-state index contributed by atoms with van der Waals surface area (Å²) in [5.41, 5.74) is 0.482. The van der Waals surface area contributed by atoms with Gasteiger partial charge in [0, 0.05) is 38.2 Å². The topological polar surface area (TPSA) is 68.3 Å². The Labute approximate surface area is 161 Å². The van der Waals surface area contributed by atoms with Crippen LogP contribution in [0, 0.1) is 0 Å². The number of benzene rings is 1. The third-order valence-electron chi connectivity index (χ3n) is 4.79. The molecule has 2 amide bonds. The zero-order valence-electron chi connectivity index (χ0n) is 16.7. The van der Waals surface area contributed by atoms with Crippen molar-refractivity contribution >= 4 is 11.8 Å². The van der Waals surface area contributed by atoms with Crippen molar-refractivity contribution < 1.29 is 23.8 Å². The number of carbonyl (C=O) groups excluding carboxylic acids is 2. The van der Waals surface area contributed by atoms with Crippen molar-refractivity contribution in [2.24, 2.45) is 0 Å². The summed E-state index contributed by atoms with van der Waals surface area (Å²) in [6, 6.07) is 3.33. The molecule has 1 saturated heterocycles. The number of hydrogen-bond acceptors (Lipinski definition) is 5. The fraction of sp³-hybridized carbons (Fsp3) is 0.600. The minimum Gasteiger partial charge on any atom is -0.493 e. The molecule has 2 rings (SSSR count). The number of hydrogen-bond donors (Lipinski definition) is 0. The summed E-state index contributed by atoms with van der Waals surface area (Å²) in [5.74, 6) is 1.44. The van der Waals surface area contributed by atoms with Gasteiger partial charge in [0.15, 0.2) is 11.5 Å². The number of methoxy groups -OCH3 is 3. The maximum atomic E-state index is 13.0. The van der Waals surface area contributed by atoms with E-state index in [0.717, 1.165) is 19.3 Å². The van der Waals surface area contributed by atoms with Crippen molar-refractivity contribution in [3.05, 3.63) is 17.7 Å². The molecule has 0 bridgehead atoms. The quantitative estimate of drug-likeness (QED) is 0.729. The van der Waals surface area contributed by atoms with Gasteiger partial charge in [0.2, 0.25) is 11.7 Å². The van der Waals surface area contributed by atoms with Crippen LogP contribution in [0.3, 0.4) is 0 Å². The zero-order valence-corrected chi connectivity index (χ0v) is 16.7. The molecule has 1 aliphatic heterocycles. The Balaban J connectivity index is 2.12. The van der Waals surface area contributed by atoms with E-state index in [1.54, 1.807) is 17.0 Å². The molecule has 0 spiro atoms. The third-order valence-corrected chi connectivity index (χ3v) is 4.79. The highest BCUT2D eigenvalue weighted by Crippen LogP contribution is 2.38. The Hall–Kier alpha value is -2.44. The lowest BCUT2D eigenvalue weighted by molar-refractivity contribution is -0.131. The number of ether oxygens (including phenoxy) is 3. The molecule has 7 nitrogen and oxygen atoms in total. The van der Waals surface area contributed by atoms with Crippen LogP contribution in [-0.2, 0) is 4.79 Å². The summed E-state index contributed by atoms with van der Waals surface area (Å²) < 4.78 is 16.0. The van der Waals surface area contributed by atoms with Gasteiger partial charge in [0.25, 0.3) is 5.91 Å². The van der Waals surface area contributed by atoms with Gasteiger partial charge in [-0.25, -0.2) is 0 Å². The molecular weight excluding hydrogens is 348 g/mol.